The molecule has 1 aliphatic carbocycles. The Balaban J connectivity index is 2.47. The summed E-state index contributed by atoms with van der Waals surface area (Å²) in [6, 6.07) is 1.59. The number of aromatic amines is 1. The molecular weight excluding hydrogens is 236 g/mol. The van der Waals surface area contributed by atoms with Crippen LogP contribution in [0.4, 0.5) is 0 Å². The zero-order valence-corrected chi connectivity index (χ0v) is 10.4. The predicted octanol–water partition coefficient (Wildman–Crippen LogP) is 1.90. The first kappa shape index (κ1) is 12.0. The van der Waals surface area contributed by atoms with Gasteiger partial charge in [-0.05, 0) is 24.2 Å². The fourth-order valence-electron chi connectivity index (χ4n) is 1.83. The Morgan fingerprint density at radius 2 is 2.41 bits per heavy atom. The summed E-state index contributed by atoms with van der Waals surface area (Å²) >= 11 is 5.18. The second-order valence-corrected chi connectivity index (χ2v) is 4.18. The van der Waals surface area contributed by atoms with Crippen molar-refractivity contribution in [2.24, 2.45) is 0 Å². The zero-order chi connectivity index (χ0) is 12.3. The van der Waals surface area contributed by atoms with E-state index in [1.54, 1.807) is 13.2 Å². The Kier molecular flexibility index (Phi) is 3.71. The van der Waals surface area contributed by atoms with E-state index >= 15 is 0 Å². The quantitative estimate of drug-likeness (QED) is 0.830. The molecule has 1 heterocycles. The third kappa shape index (κ3) is 2.62. The van der Waals surface area contributed by atoms with Gasteiger partial charge in [-0.2, -0.15) is 0 Å². The van der Waals surface area contributed by atoms with E-state index < -0.39 is 0 Å². The monoisotopic (exact) mass is 250 g/mol. The van der Waals surface area contributed by atoms with Gasteiger partial charge in [0.25, 0.3) is 5.56 Å². The minimum absolute atomic E-state index is 0.161. The second kappa shape index (κ2) is 5.25. The number of H-pyrrole nitrogens is 1. The van der Waals surface area contributed by atoms with Gasteiger partial charge < -0.3 is 9.30 Å². The molecule has 1 aromatic heterocycles. The molecule has 0 saturated carbocycles. The zero-order valence-electron chi connectivity index (χ0n) is 9.60. The van der Waals surface area contributed by atoms with Crippen molar-refractivity contribution < 1.29 is 4.74 Å². The highest BCUT2D eigenvalue weighted by Crippen LogP contribution is 2.22. The summed E-state index contributed by atoms with van der Waals surface area (Å²) < 4.78 is 7.40. The Hall–Kier alpha value is -1.46. The summed E-state index contributed by atoms with van der Waals surface area (Å²) in [5.74, 6) is 0. The normalized spacial score (nSPS) is 14.1. The SMILES string of the molecule is COCCn1c(C2=CC=CC2)cc(=O)[nH]c1=S. The lowest BCUT2D eigenvalue weighted by Crippen LogP contribution is -2.18. The van der Waals surface area contributed by atoms with Gasteiger partial charge in [-0.25, -0.2) is 0 Å². The van der Waals surface area contributed by atoms with Crippen molar-refractivity contribution in [2.45, 2.75) is 13.0 Å². The number of allylic oxidation sites excluding steroid dienone is 4. The molecule has 1 N–H and O–H groups in total. The molecule has 0 fully saturated rings. The molecule has 0 radical (unpaired) electrons. The van der Waals surface area contributed by atoms with Gasteiger partial charge in [0.1, 0.15) is 0 Å². The molecule has 17 heavy (non-hydrogen) atoms. The summed E-state index contributed by atoms with van der Waals surface area (Å²) in [6.45, 7) is 1.20. The van der Waals surface area contributed by atoms with Crippen molar-refractivity contribution in [1.82, 2.24) is 9.55 Å². The molecule has 0 bridgehead atoms. The largest absolute Gasteiger partial charge is 0.383 e. The van der Waals surface area contributed by atoms with Gasteiger partial charge in [0.15, 0.2) is 4.77 Å². The van der Waals surface area contributed by atoms with Crippen LogP contribution < -0.4 is 5.56 Å². The number of methoxy groups -OCH3 is 1. The molecule has 90 valence electrons. The highest BCUT2D eigenvalue weighted by atomic mass is 32.1. The number of hydrogen-bond donors (Lipinski definition) is 1. The number of nitrogens with zero attached hydrogens (tertiary/aromatic N) is 1. The van der Waals surface area contributed by atoms with Gasteiger partial charge in [-0.1, -0.05) is 18.2 Å². The molecule has 5 heteroatoms. The smallest absolute Gasteiger partial charge is 0.252 e. The lowest BCUT2D eigenvalue weighted by Gasteiger charge is -2.13. The average Bonchev–Trinajstić information content (AvgIpc) is 2.80. The summed E-state index contributed by atoms with van der Waals surface area (Å²) in [4.78, 5) is 14.1. The maximum Gasteiger partial charge on any atom is 0.252 e. The third-order valence-corrected chi connectivity index (χ3v) is 2.98. The van der Waals surface area contributed by atoms with E-state index in [9.17, 15) is 4.79 Å². The lowest BCUT2D eigenvalue weighted by atomic mass is 10.1. The highest BCUT2D eigenvalue weighted by molar-refractivity contribution is 7.71. The Labute approximate surface area is 104 Å². The van der Waals surface area contributed by atoms with Gasteiger partial charge in [0, 0.05) is 19.7 Å². The fraction of sp³-hybridized carbons (Fsp3) is 0.333. The van der Waals surface area contributed by atoms with Crippen LogP contribution in [0.3, 0.4) is 0 Å². The molecule has 1 aliphatic rings. The summed E-state index contributed by atoms with van der Waals surface area (Å²) in [5.41, 5.74) is 1.82. The molecule has 0 amide bonds. The Morgan fingerprint density at radius 1 is 1.59 bits per heavy atom. The van der Waals surface area contributed by atoms with E-state index in [2.05, 4.69) is 11.1 Å². The molecule has 0 unspecified atom stereocenters. The van der Waals surface area contributed by atoms with Crippen LogP contribution in [0.25, 0.3) is 5.57 Å². The minimum atomic E-state index is -0.161. The fourth-order valence-corrected chi connectivity index (χ4v) is 2.12. The average molecular weight is 250 g/mol. The minimum Gasteiger partial charge on any atom is -0.383 e. The molecule has 1 aromatic rings. The summed E-state index contributed by atoms with van der Waals surface area (Å²) in [5, 5.41) is 0. The molecule has 0 saturated heterocycles. The molecule has 2 rings (SSSR count). The molecule has 0 aliphatic heterocycles. The topological polar surface area (TPSA) is 47.0 Å². The van der Waals surface area contributed by atoms with Crippen molar-refractivity contribution in [1.29, 1.82) is 0 Å². The van der Waals surface area contributed by atoms with Crippen LogP contribution in [0.1, 0.15) is 12.1 Å². The molecular formula is C12H14N2O2S. The second-order valence-electron chi connectivity index (χ2n) is 3.79. The van der Waals surface area contributed by atoms with Crippen LogP contribution in [0, 0.1) is 4.77 Å². The van der Waals surface area contributed by atoms with E-state index in [1.807, 2.05) is 16.7 Å². The first-order chi connectivity index (χ1) is 8.22. The van der Waals surface area contributed by atoms with Gasteiger partial charge in [-0.15, -0.1) is 0 Å². The highest BCUT2D eigenvalue weighted by Gasteiger charge is 2.09. The van der Waals surface area contributed by atoms with Crippen molar-refractivity contribution >= 4 is 17.8 Å². The van der Waals surface area contributed by atoms with Gasteiger partial charge in [-0.3, -0.25) is 9.78 Å². The molecule has 4 nitrogen and oxygen atoms in total. The third-order valence-electron chi connectivity index (χ3n) is 2.65. The van der Waals surface area contributed by atoms with Crippen LogP contribution >= 0.6 is 12.2 Å². The van der Waals surface area contributed by atoms with E-state index in [0.717, 1.165) is 17.7 Å². The van der Waals surface area contributed by atoms with Crippen LogP contribution in [-0.2, 0) is 11.3 Å². The maximum atomic E-state index is 11.5. The lowest BCUT2D eigenvalue weighted by molar-refractivity contribution is 0.186. The van der Waals surface area contributed by atoms with E-state index in [0.29, 0.717) is 17.9 Å². The van der Waals surface area contributed by atoms with Gasteiger partial charge in [0.05, 0.1) is 12.3 Å². The van der Waals surface area contributed by atoms with Crippen LogP contribution in [0.5, 0.6) is 0 Å². The number of aromatic nitrogens is 2. The van der Waals surface area contributed by atoms with Crippen LogP contribution in [0.15, 0.2) is 29.1 Å². The molecule has 0 spiro atoms. The first-order valence-electron chi connectivity index (χ1n) is 5.41. The van der Waals surface area contributed by atoms with E-state index in [4.69, 9.17) is 17.0 Å². The number of rotatable bonds is 4. The first-order valence-corrected chi connectivity index (χ1v) is 5.82. The summed E-state index contributed by atoms with van der Waals surface area (Å²) in [6.07, 6.45) is 6.89. The Bertz CT molecular complexity index is 581. The Morgan fingerprint density at radius 3 is 3.06 bits per heavy atom. The van der Waals surface area contributed by atoms with Crippen molar-refractivity contribution in [3.63, 3.8) is 0 Å². The van der Waals surface area contributed by atoms with Crippen molar-refractivity contribution in [3.8, 4) is 0 Å². The number of hydrogen-bond acceptors (Lipinski definition) is 3. The summed E-state index contributed by atoms with van der Waals surface area (Å²) in [7, 11) is 1.64. The van der Waals surface area contributed by atoms with E-state index in [-0.39, 0.29) is 5.56 Å². The van der Waals surface area contributed by atoms with E-state index in [1.165, 1.54) is 0 Å². The molecule has 0 atom stereocenters. The van der Waals surface area contributed by atoms with Crippen LogP contribution in [-0.4, -0.2) is 23.3 Å². The predicted molar refractivity (Wildman–Crippen MR) is 69.5 cm³/mol. The number of ether oxygens (including phenoxy) is 1. The van der Waals surface area contributed by atoms with Crippen molar-refractivity contribution in [2.75, 3.05) is 13.7 Å². The van der Waals surface area contributed by atoms with Gasteiger partial charge >= 0.3 is 0 Å². The standard InChI is InChI=1S/C12H14N2O2S/c1-16-7-6-14-10(9-4-2-3-5-9)8-11(15)13-12(14)17/h2-4,8H,5-7H2,1H3,(H,13,15,17). The van der Waals surface area contributed by atoms with Crippen LogP contribution in [0.2, 0.25) is 0 Å². The van der Waals surface area contributed by atoms with Crippen molar-refractivity contribution in [3.05, 3.63) is 45.1 Å². The maximum absolute atomic E-state index is 11.5. The number of nitrogens with one attached hydrogen (secondary N) is 1. The molecule has 0 aromatic carbocycles. The van der Waals surface area contributed by atoms with Gasteiger partial charge in [0.2, 0.25) is 0 Å².